The molecule has 0 aliphatic heterocycles. The maximum Gasteiger partial charge on any atom is 0.166 e. The number of alkyl halides is 6. The Morgan fingerprint density at radius 3 is 1.50 bits per heavy atom. The molecule has 112 valence electrons. The lowest BCUT2D eigenvalue weighted by Gasteiger charge is -2.43. The Hall–Kier alpha value is 2.94. The molecule has 4 aliphatic carbocycles. The lowest BCUT2D eigenvalue weighted by molar-refractivity contribution is 0.238. The van der Waals surface area contributed by atoms with Gasteiger partial charge in [0, 0.05) is 7.85 Å². The molecule has 0 heterocycles. The molecule has 8 atom stereocenters. The summed E-state index contributed by atoms with van der Waals surface area (Å²) in [6.45, 7) is 0. The fourth-order valence-corrected chi connectivity index (χ4v) is 10.6. The van der Waals surface area contributed by atoms with Crippen LogP contribution >= 0.6 is 115 Å². The summed E-state index contributed by atoms with van der Waals surface area (Å²) in [6.07, 6.45) is 1.11. The Morgan fingerprint density at radius 1 is 0.800 bits per heavy atom. The van der Waals surface area contributed by atoms with Crippen LogP contribution in [0.5, 0.6) is 0 Å². The zero-order chi connectivity index (χ0) is 14.8. The van der Waals surface area contributed by atoms with Crippen LogP contribution < -0.4 is 0 Å². The number of fused-ring (bicyclic) bond motifs is 9. The molecule has 0 saturated heterocycles. The van der Waals surface area contributed by atoms with Gasteiger partial charge in [0.25, 0.3) is 0 Å². The van der Waals surface area contributed by atoms with Gasteiger partial charge in [-0.15, -0.1) is 23.2 Å². The van der Waals surface area contributed by atoms with Crippen LogP contribution in [-0.2, 0) is 0 Å². The van der Waals surface area contributed by atoms with Crippen LogP contribution in [0.2, 0.25) is 0 Å². The van der Waals surface area contributed by atoms with Gasteiger partial charge in [-0.3, -0.25) is 0 Å². The van der Waals surface area contributed by atoms with E-state index in [2.05, 4.69) is 45.2 Å². The number of hydrogen-bond acceptors (Lipinski definition) is 0. The van der Waals surface area contributed by atoms with Crippen molar-refractivity contribution >= 4 is 115 Å². The highest BCUT2D eigenvalue weighted by Gasteiger charge is 2.87. The summed E-state index contributed by atoms with van der Waals surface area (Å²) in [4.78, 5) is -2.11. The molecule has 0 N–H and O–H groups in total. The molecular formula is C12H8Cl6I2. The third kappa shape index (κ3) is 1.41. The average molecular weight is 619 g/mol. The van der Waals surface area contributed by atoms with Gasteiger partial charge in [-0.2, -0.15) is 0 Å². The van der Waals surface area contributed by atoms with E-state index in [0.29, 0.717) is 29.7 Å². The Balaban J connectivity index is 1.98. The van der Waals surface area contributed by atoms with Crippen LogP contribution in [0.25, 0.3) is 0 Å². The molecule has 3 fully saturated rings. The van der Waals surface area contributed by atoms with Gasteiger partial charge >= 0.3 is 0 Å². The van der Waals surface area contributed by atoms with Crippen molar-refractivity contribution in [3.8, 4) is 0 Å². The van der Waals surface area contributed by atoms with Crippen molar-refractivity contribution in [2.24, 2.45) is 23.7 Å². The van der Waals surface area contributed by atoms with E-state index >= 15 is 0 Å². The van der Waals surface area contributed by atoms with Gasteiger partial charge in [-0.1, -0.05) is 91.6 Å². The molecule has 0 radical (unpaired) electrons. The van der Waals surface area contributed by atoms with E-state index in [1.165, 1.54) is 0 Å². The van der Waals surface area contributed by atoms with Gasteiger partial charge in [0.15, 0.2) is 4.33 Å². The second-order valence-electron chi connectivity index (χ2n) is 6.13. The van der Waals surface area contributed by atoms with Gasteiger partial charge in [-0.25, -0.2) is 0 Å². The first-order chi connectivity index (χ1) is 9.11. The van der Waals surface area contributed by atoms with Gasteiger partial charge in [0.2, 0.25) is 0 Å². The zero-order valence-electron chi connectivity index (χ0n) is 9.69. The summed E-state index contributed by atoms with van der Waals surface area (Å²) in [5.41, 5.74) is 0. The normalized spacial score (nSPS) is 62.4. The van der Waals surface area contributed by atoms with Crippen molar-refractivity contribution in [1.29, 1.82) is 0 Å². The quantitative estimate of drug-likeness (QED) is 0.169. The number of halogens is 8. The van der Waals surface area contributed by atoms with Crippen LogP contribution in [-0.4, -0.2) is 21.9 Å². The van der Waals surface area contributed by atoms with E-state index in [1.54, 1.807) is 0 Å². The highest BCUT2D eigenvalue weighted by molar-refractivity contribution is 14.1. The summed E-state index contributed by atoms with van der Waals surface area (Å²) >= 11 is 45.0. The number of rotatable bonds is 0. The Bertz CT molecular complexity index is 506. The van der Waals surface area contributed by atoms with Crippen molar-refractivity contribution in [3.05, 3.63) is 10.1 Å². The van der Waals surface area contributed by atoms with E-state index in [9.17, 15) is 0 Å². The molecule has 0 aromatic rings. The summed E-state index contributed by atoms with van der Waals surface area (Å²) in [5.74, 6) is 1.09. The minimum Gasteiger partial charge on any atom is -0.109 e. The largest absolute Gasteiger partial charge is 0.166 e. The van der Waals surface area contributed by atoms with E-state index in [-0.39, 0.29) is 11.8 Å². The van der Waals surface area contributed by atoms with Crippen LogP contribution in [0.3, 0.4) is 0 Å². The molecule has 0 aromatic heterocycles. The molecule has 3 saturated carbocycles. The second kappa shape index (κ2) is 4.56. The summed E-state index contributed by atoms with van der Waals surface area (Å²) < 4.78 is -0.273. The van der Waals surface area contributed by atoms with Gasteiger partial charge < -0.3 is 0 Å². The van der Waals surface area contributed by atoms with E-state index in [4.69, 9.17) is 69.6 Å². The highest BCUT2D eigenvalue weighted by atomic mass is 127. The van der Waals surface area contributed by atoms with Crippen molar-refractivity contribution in [1.82, 2.24) is 0 Å². The average Bonchev–Trinajstić information content (AvgIpc) is 2.97. The molecule has 4 aliphatic rings. The van der Waals surface area contributed by atoms with Crippen molar-refractivity contribution in [2.75, 3.05) is 0 Å². The minimum atomic E-state index is -1.36. The van der Waals surface area contributed by atoms with Crippen molar-refractivity contribution in [3.63, 3.8) is 0 Å². The Morgan fingerprint density at radius 2 is 1.15 bits per heavy atom. The maximum atomic E-state index is 6.90. The maximum absolute atomic E-state index is 6.90. The lowest BCUT2D eigenvalue weighted by atomic mass is 9.72. The SMILES string of the molecule is ClC1=C(Cl)[C@@]2(Cl)[C@H]3[C@H]4C[C@@H]([C@@H](I)[C@H]4I)[C@H]3[C@@]1(Cl)C2(Cl)Cl. The standard InChI is InChI=1S/C12H8Cl6I2/c13-8-9(14)11(16)5-3-1-2(6(19)7(3)20)4(5)10(8,15)12(11,17)18/h2-7H,1H2/t2-,3-,4-,5+,6-,7+,10+,11+/m1/s1. The molecule has 0 nitrogen and oxygen atoms in total. The first kappa shape index (κ1) is 16.4. The fraction of sp³-hybridized carbons (Fsp3) is 0.833. The predicted molar refractivity (Wildman–Crippen MR) is 105 cm³/mol. The Labute approximate surface area is 174 Å². The molecule has 0 amide bonds. The first-order valence-electron chi connectivity index (χ1n) is 6.21. The van der Waals surface area contributed by atoms with Gasteiger partial charge in [0.1, 0.15) is 9.75 Å². The monoisotopic (exact) mass is 616 g/mol. The van der Waals surface area contributed by atoms with Gasteiger partial charge in [-0.05, 0) is 30.1 Å². The van der Waals surface area contributed by atoms with Gasteiger partial charge in [0.05, 0.1) is 10.1 Å². The van der Waals surface area contributed by atoms with Crippen molar-refractivity contribution < 1.29 is 0 Å². The highest BCUT2D eigenvalue weighted by Crippen LogP contribution is 2.83. The molecule has 8 heteroatoms. The molecule has 0 unspecified atom stereocenters. The number of hydrogen-bond donors (Lipinski definition) is 0. The topological polar surface area (TPSA) is 0 Å². The van der Waals surface area contributed by atoms with Crippen LogP contribution in [0.1, 0.15) is 6.42 Å². The minimum absolute atomic E-state index is 0.101. The van der Waals surface area contributed by atoms with Crippen LogP contribution in [0.4, 0.5) is 0 Å². The molecule has 0 spiro atoms. The second-order valence-corrected chi connectivity index (χ2v) is 12.3. The zero-order valence-corrected chi connectivity index (χ0v) is 18.5. The van der Waals surface area contributed by atoms with E-state index < -0.39 is 14.1 Å². The summed E-state index contributed by atoms with van der Waals surface area (Å²) in [6, 6.07) is 0. The third-order valence-electron chi connectivity index (χ3n) is 5.64. The van der Waals surface area contributed by atoms with Crippen LogP contribution in [0, 0.1) is 23.7 Å². The molecule has 0 aromatic carbocycles. The van der Waals surface area contributed by atoms with Crippen molar-refractivity contribution in [2.45, 2.75) is 28.4 Å². The number of allylic oxidation sites excluding steroid dienone is 2. The predicted octanol–water partition coefficient (Wildman–Crippen LogP) is 6.32. The summed E-state index contributed by atoms with van der Waals surface area (Å²) in [5, 5.41) is 0.700. The molecule has 4 rings (SSSR count). The first-order valence-corrected chi connectivity index (χ1v) is 11.0. The smallest absolute Gasteiger partial charge is 0.109 e. The van der Waals surface area contributed by atoms with Crippen LogP contribution in [0.15, 0.2) is 10.1 Å². The summed E-state index contributed by atoms with van der Waals surface area (Å²) in [7, 11) is 0. The molecular weight excluding hydrogens is 611 g/mol. The van der Waals surface area contributed by atoms with E-state index in [1.807, 2.05) is 0 Å². The fourth-order valence-electron chi connectivity index (χ4n) is 4.92. The Kier molecular flexibility index (Phi) is 3.74. The van der Waals surface area contributed by atoms with E-state index in [0.717, 1.165) is 6.42 Å². The lowest BCUT2D eigenvalue weighted by Crippen LogP contribution is -2.46. The third-order valence-corrected chi connectivity index (χ3v) is 14.7. The molecule has 20 heavy (non-hydrogen) atoms. The molecule has 4 bridgehead atoms.